The van der Waals surface area contributed by atoms with E-state index >= 15 is 0 Å². The molecule has 0 aromatic heterocycles. The summed E-state index contributed by atoms with van der Waals surface area (Å²) in [4.78, 5) is 15.0. The fraction of sp³-hybridized carbons (Fsp3) is 0.941. The molecule has 21 heavy (non-hydrogen) atoms. The van der Waals surface area contributed by atoms with Crippen LogP contribution in [0.4, 0.5) is 0 Å². The highest BCUT2D eigenvalue weighted by Crippen LogP contribution is 2.34. The number of amides is 1. The van der Waals surface area contributed by atoms with Gasteiger partial charge in [0, 0.05) is 30.6 Å². The average Bonchev–Trinajstić information content (AvgIpc) is 2.99. The number of fused-ring (bicyclic) bond motifs is 2. The summed E-state index contributed by atoms with van der Waals surface area (Å²) in [5, 5.41) is 3.68. The first-order chi connectivity index (χ1) is 9.63. The number of hydrogen-bond donors (Lipinski definition) is 1. The topological polar surface area (TPSA) is 32.3 Å². The number of hydrogen-bond acceptors (Lipinski definition) is 2. The molecular formula is C17H31ClN2O. The second kappa shape index (κ2) is 7.32. The number of halogens is 1. The van der Waals surface area contributed by atoms with Crippen LogP contribution in [-0.4, -0.2) is 35.0 Å². The Hall–Kier alpha value is -0.280. The SMILES string of the molecule is CC(C)N(C(=O)CC1CC2CCC(C1)N2)C1CCCC1.Cl. The van der Waals surface area contributed by atoms with Gasteiger partial charge >= 0.3 is 0 Å². The Morgan fingerprint density at radius 3 is 2.19 bits per heavy atom. The third-order valence-corrected chi connectivity index (χ3v) is 5.60. The molecular weight excluding hydrogens is 284 g/mol. The molecule has 2 bridgehead atoms. The Bertz CT molecular complexity index is 343. The van der Waals surface area contributed by atoms with Crippen molar-refractivity contribution >= 4 is 18.3 Å². The maximum Gasteiger partial charge on any atom is 0.223 e. The molecule has 2 unspecified atom stereocenters. The summed E-state index contributed by atoms with van der Waals surface area (Å²) in [6.45, 7) is 4.37. The quantitative estimate of drug-likeness (QED) is 0.861. The summed E-state index contributed by atoms with van der Waals surface area (Å²) >= 11 is 0. The lowest BCUT2D eigenvalue weighted by Gasteiger charge is -2.35. The van der Waals surface area contributed by atoms with Crippen LogP contribution in [0.5, 0.6) is 0 Å². The molecule has 122 valence electrons. The van der Waals surface area contributed by atoms with Gasteiger partial charge in [0.25, 0.3) is 0 Å². The zero-order chi connectivity index (χ0) is 14.1. The molecule has 1 amide bonds. The van der Waals surface area contributed by atoms with Gasteiger partial charge in [-0.1, -0.05) is 12.8 Å². The van der Waals surface area contributed by atoms with Crippen molar-refractivity contribution in [2.24, 2.45) is 5.92 Å². The molecule has 0 spiro atoms. The minimum atomic E-state index is 0. The zero-order valence-corrected chi connectivity index (χ0v) is 14.3. The number of carbonyl (C=O) groups is 1. The Balaban J connectivity index is 0.00000161. The lowest BCUT2D eigenvalue weighted by molar-refractivity contribution is -0.136. The lowest BCUT2D eigenvalue weighted by Crippen LogP contribution is -2.46. The fourth-order valence-electron chi connectivity index (χ4n) is 4.79. The molecule has 1 saturated carbocycles. The van der Waals surface area contributed by atoms with E-state index in [0.29, 0.717) is 36.0 Å². The molecule has 2 atom stereocenters. The van der Waals surface area contributed by atoms with Crippen molar-refractivity contribution in [3.05, 3.63) is 0 Å². The minimum Gasteiger partial charge on any atom is -0.337 e. The maximum absolute atomic E-state index is 12.8. The van der Waals surface area contributed by atoms with Crippen molar-refractivity contribution in [3.8, 4) is 0 Å². The normalized spacial score (nSPS) is 32.2. The van der Waals surface area contributed by atoms with E-state index in [4.69, 9.17) is 0 Å². The number of rotatable bonds is 4. The second-order valence-corrected chi connectivity index (χ2v) is 7.51. The van der Waals surface area contributed by atoms with Crippen LogP contribution in [0.3, 0.4) is 0 Å². The first-order valence-corrected chi connectivity index (χ1v) is 8.70. The summed E-state index contributed by atoms with van der Waals surface area (Å²) in [6.07, 6.45) is 10.9. The van der Waals surface area contributed by atoms with Crippen molar-refractivity contribution in [1.82, 2.24) is 10.2 Å². The van der Waals surface area contributed by atoms with E-state index in [9.17, 15) is 4.79 Å². The van der Waals surface area contributed by atoms with Gasteiger partial charge in [-0.05, 0) is 58.3 Å². The maximum atomic E-state index is 12.8. The molecule has 2 aliphatic heterocycles. The van der Waals surface area contributed by atoms with E-state index in [1.54, 1.807) is 0 Å². The molecule has 0 radical (unpaired) electrons. The van der Waals surface area contributed by atoms with Gasteiger partial charge < -0.3 is 10.2 Å². The molecule has 0 aromatic rings. The van der Waals surface area contributed by atoms with Crippen LogP contribution in [0.1, 0.15) is 71.6 Å². The largest absolute Gasteiger partial charge is 0.337 e. The predicted molar refractivity (Wildman–Crippen MR) is 88.8 cm³/mol. The Morgan fingerprint density at radius 2 is 1.67 bits per heavy atom. The summed E-state index contributed by atoms with van der Waals surface area (Å²) in [5.74, 6) is 1.06. The molecule has 3 rings (SSSR count). The van der Waals surface area contributed by atoms with Gasteiger partial charge in [-0.3, -0.25) is 4.79 Å². The van der Waals surface area contributed by atoms with Gasteiger partial charge in [-0.25, -0.2) is 0 Å². The van der Waals surface area contributed by atoms with E-state index in [2.05, 4.69) is 24.1 Å². The molecule has 3 fully saturated rings. The van der Waals surface area contributed by atoms with Crippen LogP contribution in [0.2, 0.25) is 0 Å². The summed E-state index contributed by atoms with van der Waals surface area (Å²) in [7, 11) is 0. The van der Waals surface area contributed by atoms with Gasteiger partial charge in [-0.15, -0.1) is 12.4 Å². The van der Waals surface area contributed by atoms with Crippen molar-refractivity contribution in [2.45, 2.75) is 95.8 Å². The smallest absolute Gasteiger partial charge is 0.223 e. The van der Waals surface area contributed by atoms with E-state index in [1.807, 2.05) is 0 Å². The lowest BCUT2D eigenvalue weighted by atomic mass is 9.89. The first kappa shape index (κ1) is 17.1. The molecule has 3 nitrogen and oxygen atoms in total. The van der Waals surface area contributed by atoms with Gasteiger partial charge in [0.15, 0.2) is 0 Å². The number of carbonyl (C=O) groups excluding carboxylic acids is 1. The highest BCUT2D eigenvalue weighted by atomic mass is 35.5. The van der Waals surface area contributed by atoms with E-state index < -0.39 is 0 Å². The standard InChI is InChI=1S/C17H30N2O.ClH/c1-12(2)19(16-5-3-4-6-16)17(20)11-13-9-14-7-8-15(10-13)18-14;/h12-16,18H,3-11H2,1-2H3;1H. The second-order valence-electron chi connectivity index (χ2n) is 7.51. The molecule has 1 aliphatic carbocycles. The third-order valence-electron chi connectivity index (χ3n) is 5.60. The summed E-state index contributed by atoms with van der Waals surface area (Å²) < 4.78 is 0. The Kier molecular flexibility index (Phi) is 5.96. The van der Waals surface area contributed by atoms with Crippen molar-refractivity contribution in [1.29, 1.82) is 0 Å². The summed E-state index contributed by atoms with van der Waals surface area (Å²) in [5.41, 5.74) is 0. The Morgan fingerprint density at radius 1 is 1.10 bits per heavy atom. The molecule has 3 aliphatic rings. The molecule has 2 saturated heterocycles. The van der Waals surface area contributed by atoms with Crippen LogP contribution < -0.4 is 5.32 Å². The molecule has 4 heteroatoms. The van der Waals surface area contributed by atoms with Crippen molar-refractivity contribution in [3.63, 3.8) is 0 Å². The van der Waals surface area contributed by atoms with E-state index in [1.165, 1.54) is 51.4 Å². The minimum absolute atomic E-state index is 0. The van der Waals surface area contributed by atoms with Gasteiger partial charge in [0.05, 0.1) is 0 Å². The van der Waals surface area contributed by atoms with Crippen LogP contribution in [0, 0.1) is 5.92 Å². The molecule has 2 heterocycles. The highest BCUT2D eigenvalue weighted by Gasteiger charge is 2.36. The predicted octanol–water partition coefficient (Wildman–Crippen LogP) is 3.51. The highest BCUT2D eigenvalue weighted by molar-refractivity contribution is 5.85. The fourth-order valence-corrected chi connectivity index (χ4v) is 4.79. The average molecular weight is 315 g/mol. The number of piperidine rings is 1. The zero-order valence-electron chi connectivity index (χ0n) is 13.5. The summed E-state index contributed by atoms with van der Waals surface area (Å²) in [6, 6.07) is 2.29. The van der Waals surface area contributed by atoms with Crippen LogP contribution in [0.25, 0.3) is 0 Å². The molecule has 1 N–H and O–H groups in total. The van der Waals surface area contributed by atoms with Crippen LogP contribution >= 0.6 is 12.4 Å². The van der Waals surface area contributed by atoms with Gasteiger partial charge in [0.2, 0.25) is 5.91 Å². The van der Waals surface area contributed by atoms with E-state index in [-0.39, 0.29) is 12.4 Å². The van der Waals surface area contributed by atoms with Crippen LogP contribution in [0.15, 0.2) is 0 Å². The van der Waals surface area contributed by atoms with Crippen molar-refractivity contribution < 1.29 is 4.79 Å². The molecule has 0 aromatic carbocycles. The van der Waals surface area contributed by atoms with Gasteiger partial charge in [0.1, 0.15) is 0 Å². The monoisotopic (exact) mass is 314 g/mol. The first-order valence-electron chi connectivity index (χ1n) is 8.70. The number of nitrogens with one attached hydrogen (secondary N) is 1. The number of nitrogens with zero attached hydrogens (tertiary/aromatic N) is 1. The van der Waals surface area contributed by atoms with E-state index in [0.717, 1.165) is 6.42 Å². The van der Waals surface area contributed by atoms with Gasteiger partial charge in [-0.2, -0.15) is 0 Å². The van der Waals surface area contributed by atoms with Crippen LogP contribution in [-0.2, 0) is 4.79 Å². The Labute approximate surface area is 135 Å². The van der Waals surface area contributed by atoms with Crippen molar-refractivity contribution in [2.75, 3.05) is 0 Å². The third kappa shape index (κ3) is 3.92.